The zero-order valence-electron chi connectivity index (χ0n) is 11.8. The quantitative estimate of drug-likeness (QED) is 0.877. The second kappa shape index (κ2) is 6.54. The van der Waals surface area contributed by atoms with Crippen molar-refractivity contribution in [2.24, 2.45) is 0 Å². The summed E-state index contributed by atoms with van der Waals surface area (Å²) >= 11 is 0. The summed E-state index contributed by atoms with van der Waals surface area (Å²) in [4.78, 5) is 14.9. The van der Waals surface area contributed by atoms with E-state index in [0.29, 0.717) is 24.6 Å². The Morgan fingerprint density at radius 3 is 2.84 bits per heavy atom. The molecule has 0 spiro atoms. The molecule has 19 heavy (non-hydrogen) atoms. The van der Waals surface area contributed by atoms with Crippen LogP contribution in [-0.2, 0) is 0 Å². The van der Waals surface area contributed by atoms with Crippen LogP contribution in [0.3, 0.4) is 0 Å². The lowest BCUT2D eigenvalue weighted by Crippen LogP contribution is -2.40. The molecular formula is C13H23N5O. The molecule has 1 fully saturated rings. The van der Waals surface area contributed by atoms with Gasteiger partial charge in [0.25, 0.3) is 0 Å². The molecule has 1 unspecified atom stereocenters. The molecule has 0 saturated carbocycles. The van der Waals surface area contributed by atoms with Gasteiger partial charge in [-0.15, -0.1) is 0 Å². The summed E-state index contributed by atoms with van der Waals surface area (Å²) in [6.45, 7) is 5.63. The monoisotopic (exact) mass is 265 g/mol. The van der Waals surface area contributed by atoms with Gasteiger partial charge >= 0.3 is 6.01 Å². The van der Waals surface area contributed by atoms with Crippen molar-refractivity contribution in [1.82, 2.24) is 15.0 Å². The van der Waals surface area contributed by atoms with Crippen molar-refractivity contribution in [1.29, 1.82) is 0 Å². The van der Waals surface area contributed by atoms with Gasteiger partial charge in [0.2, 0.25) is 11.9 Å². The molecule has 6 nitrogen and oxygen atoms in total. The first-order valence-electron chi connectivity index (χ1n) is 7.15. The van der Waals surface area contributed by atoms with E-state index in [9.17, 15) is 0 Å². The molecule has 6 heteroatoms. The van der Waals surface area contributed by atoms with E-state index in [1.54, 1.807) is 0 Å². The van der Waals surface area contributed by atoms with E-state index in [1.165, 1.54) is 25.7 Å². The average molecular weight is 265 g/mol. The Bertz CT molecular complexity index is 410. The lowest BCUT2D eigenvalue weighted by atomic mass is 9.99. The first kappa shape index (κ1) is 13.8. The predicted octanol–water partition coefficient (Wildman–Crippen LogP) is 2.01. The lowest BCUT2D eigenvalue weighted by Gasteiger charge is -2.35. The van der Waals surface area contributed by atoms with Crippen molar-refractivity contribution < 1.29 is 4.74 Å². The van der Waals surface area contributed by atoms with Gasteiger partial charge in [-0.1, -0.05) is 13.3 Å². The van der Waals surface area contributed by atoms with Gasteiger partial charge in [-0.25, -0.2) is 0 Å². The number of aromatic nitrogens is 3. The number of rotatable bonds is 5. The number of hydrogen-bond acceptors (Lipinski definition) is 6. The largest absolute Gasteiger partial charge is 0.464 e. The molecule has 0 amide bonds. The zero-order chi connectivity index (χ0) is 13.7. The zero-order valence-corrected chi connectivity index (χ0v) is 11.8. The van der Waals surface area contributed by atoms with Gasteiger partial charge in [-0.3, -0.25) is 0 Å². The smallest absolute Gasteiger partial charge is 0.323 e. The number of nitrogen functional groups attached to an aromatic ring is 1. The van der Waals surface area contributed by atoms with Crippen LogP contribution in [0.4, 0.5) is 11.9 Å². The predicted molar refractivity (Wildman–Crippen MR) is 75.3 cm³/mol. The Kier molecular flexibility index (Phi) is 4.76. The van der Waals surface area contributed by atoms with E-state index in [2.05, 4.69) is 26.8 Å². The van der Waals surface area contributed by atoms with Crippen LogP contribution in [0.15, 0.2) is 0 Å². The molecule has 0 radical (unpaired) electrons. The Balaban J connectivity index is 2.22. The summed E-state index contributed by atoms with van der Waals surface area (Å²) in [5.41, 5.74) is 5.75. The first-order chi connectivity index (χ1) is 9.24. The molecule has 0 bridgehead atoms. The van der Waals surface area contributed by atoms with Crippen LogP contribution in [0.1, 0.15) is 46.0 Å². The first-order valence-corrected chi connectivity index (χ1v) is 7.15. The summed E-state index contributed by atoms with van der Waals surface area (Å²) in [7, 11) is 0. The van der Waals surface area contributed by atoms with E-state index >= 15 is 0 Å². The van der Waals surface area contributed by atoms with Gasteiger partial charge in [-0.05, 0) is 32.6 Å². The third-order valence-electron chi connectivity index (χ3n) is 3.40. The highest BCUT2D eigenvalue weighted by molar-refractivity contribution is 5.37. The highest BCUT2D eigenvalue weighted by Crippen LogP contribution is 2.25. The van der Waals surface area contributed by atoms with Crippen LogP contribution in [0, 0.1) is 0 Å². The number of nitrogens with zero attached hydrogens (tertiary/aromatic N) is 4. The highest BCUT2D eigenvalue weighted by Gasteiger charge is 2.24. The summed E-state index contributed by atoms with van der Waals surface area (Å²) in [5, 5.41) is 0. The molecule has 1 saturated heterocycles. The third-order valence-corrected chi connectivity index (χ3v) is 3.40. The Hall–Kier alpha value is -1.59. The van der Waals surface area contributed by atoms with Gasteiger partial charge in [0.1, 0.15) is 0 Å². The van der Waals surface area contributed by atoms with Crippen molar-refractivity contribution in [3.63, 3.8) is 0 Å². The van der Waals surface area contributed by atoms with E-state index in [1.807, 2.05) is 6.92 Å². The number of hydrogen-bond donors (Lipinski definition) is 1. The Morgan fingerprint density at radius 2 is 2.11 bits per heavy atom. The minimum atomic E-state index is 0.231. The summed E-state index contributed by atoms with van der Waals surface area (Å²) in [6.07, 6.45) is 5.98. The van der Waals surface area contributed by atoms with Crippen LogP contribution in [0.25, 0.3) is 0 Å². The molecule has 2 rings (SSSR count). The van der Waals surface area contributed by atoms with Crippen LogP contribution in [0.2, 0.25) is 0 Å². The lowest BCUT2D eigenvalue weighted by molar-refractivity contribution is 0.311. The van der Waals surface area contributed by atoms with E-state index in [4.69, 9.17) is 10.5 Å². The van der Waals surface area contributed by atoms with Crippen LogP contribution < -0.4 is 15.4 Å². The van der Waals surface area contributed by atoms with Crippen LogP contribution >= 0.6 is 0 Å². The molecule has 0 aliphatic carbocycles. The third kappa shape index (κ3) is 3.45. The van der Waals surface area contributed by atoms with Gasteiger partial charge in [0.15, 0.2) is 0 Å². The van der Waals surface area contributed by atoms with Crippen LogP contribution in [0.5, 0.6) is 6.01 Å². The second-order valence-electron chi connectivity index (χ2n) is 4.84. The minimum absolute atomic E-state index is 0.231. The fourth-order valence-electron chi connectivity index (χ4n) is 2.58. The SMILES string of the molecule is CCCC1CCCCN1c1nc(N)nc(OCC)n1. The average Bonchev–Trinajstić information content (AvgIpc) is 2.39. The Labute approximate surface area is 114 Å². The molecular weight excluding hydrogens is 242 g/mol. The number of piperidine rings is 1. The van der Waals surface area contributed by atoms with Gasteiger partial charge < -0.3 is 15.4 Å². The molecule has 1 aliphatic heterocycles. The molecule has 2 heterocycles. The Morgan fingerprint density at radius 1 is 1.26 bits per heavy atom. The van der Waals surface area contributed by atoms with Crippen molar-refractivity contribution in [2.45, 2.75) is 52.0 Å². The van der Waals surface area contributed by atoms with Gasteiger partial charge in [-0.2, -0.15) is 15.0 Å². The number of nitrogens with two attached hydrogens (primary N) is 1. The summed E-state index contributed by atoms with van der Waals surface area (Å²) < 4.78 is 5.34. The van der Waals surface area contributed by atoms with E-state index in [0.717, 1.165) is 13.0 Å². The molecule has 1 aromatic heterocycles. The molecule has 1 aromatic rings. The summed E-state index contributed by atoms with van der Waals surface area (Å²) in [6, 6.07) is 0.834. The second-order valence-corrected chi connectivity index (χ2v) is 4.84. The molecule has 0 aromatic carbocycles. The van der Waals surface area contributed by atoms with Crippen molar-refractivity contribution in [3.05, 3.63) is 0 Å². The summed E-state index contributed by atoms with van der Waals surface area (Å²) in [5.74, 6) is 0.892. The number of ether oxygens (including phenoxy) is 1. The van der Waals surface area contributed by atoms with Crippen molar-refractivity contribution in [2.75, 3.05) is 23.8 Å². The van der Waals surface area contributed by atoms with Crippen LogP contribution in [-0.4, -0.2) is 34.1 Å². The van der Waals surface area contributed by atoms with E-state index < -0.39 is 0 Å². The maximum absolute atomic E-state index is 5.75. The van der Waals surface area contributed by atoms with Crippen molar-refractivity contribution in [3.8, 4) is 6.01 Å². The molecule has 1 aliphatic rings. The minimum Gasteiger partial charge on any atom is -0.464 e. The normalized spacial score (nSPS) is 19.5. The standard InChI is InChI=1S/C13H23N5O/c1-3-7-10-8-5-6-9-18(10)12-15-11(14)16-13(17-12)19-4-2/h10H,3-9H2,1-2H3,(H2,14,15,16,17). The van der Waals surface area contributed by atoms with E-state index in [-0.39, 0.29) is 5.95 Å². The maximum atomic E-state index is 5.75. The topological polar surface area (TPSA) is 77.2 Å². The molecule has 106 valence electrons. The fourth-order valence-corrected chi connectivity index (χ4v) is 2.58. The molecule has 1 atom stereocenters. The fraction of sp³-hybridized carbons (Fsp3) is 0.769. The van der Waals surface area contributed by atoms with Crippen molar-refractivity contribution >= 4 is 11.9 Å². The maximum Gasteiger partial charge on any atom is 0.323 e. The molecule has 2 N–H and O–H groups in total. The van der Waals surface area contributed by atoms with Gasteiger partial charge in [0.05, 0.1) is 6.61 Å². The number of anilines is 2. The van der Waals surface area contributed by atoms with Gasteiger partial charge in [0, 0.05) is 12.6 Å². The highest BCUT2D eigenvalue weighted by atomic mass is 16.5.